The molecule has 1 aromatic carbocycles. The lowest BCUT2D eigenvalue weighted by molar-refractivity contribution is -0.144. The summed E-state index contributed by atoms with van der Waals surface area (Å²) in [5.41, 5.74) is 3.82. The molecule has 2 fully saturated rings. The molecule has 148 valence electrons. The zero-order chi connectivity index (χ0) is 19.7. The van der Waals surface area contributed by atoms with Gasteiger partial charge in [-0.15, -0.1) is 0 Å². The Kier molecular flexibility index (Phi) is 5.38. The van der Waals surface area contributed by atoms with Gasteiger partial charge < -0.3 is 9.30 Å². The maximum Gasteiger partial charge on any atom is 0.306 e. The second-order valence-electron chi connectivity index (χ2n) is 8.58. The lowest BCUT2D eigenvalue weighted by atomic mass is 9.86. The van der Waals surface area contributed by atoms with Crippen LogP contribution in [0.25, 0.3) is 0 Å². The van der Waals surface area contributed by atoms with E-state index < -0.39 is 0 Å². The van der Waals surface area contributed by atoms with Crippen LogP contribution in [-0.2, 0) is 16.1 Å². The number of ketones is 1. The van der Waals surface area contributed by atoms with Gasteiger partial charge >= 0.3 is 5.97 Å². The van der Waals surface area contributed by atoms with E-state index in [2.05, 4.69) is 16.7 Å². The Bertz CT molecular complexity index is 867. The second kappa shape index (κ2) is 7.94. The number of carbonyl (C=O) groups excluding carboxylic acids is 2. The minimum absolute atomic E-state index is 0.117. The van der Waals surface area contributed by atoms with Crippen molar-refractivity contribution in [3.05, 3.63) is 58.9 Å². The first-order chi connectivity index (χ1) is 13.5. The molecule has 2 saturated carbocycles. The molecular weight excluding hydrogens is 350 g/mol. The molecule has 0 saturated heterocycles. The third-order valence-corrected chi connectivity index (χ3v) is 6.74. The van der Waals surface area contributed by atoms with Gasteiger partial charge in [0.15, 0.2) is 6.61 Å². The fourth-order valence-corrected chi connectivity index (χ4v) is 5.22. The van der Waals surface area contributed by atoms with Gasteiger partial charge in [0.2, 0.25) is 5.78 Å². The predicted molar refractivity (Wildman–Crippen MR) is 108 cm³/mol. The van der Waals surface area contributed by atoms with E-state index in [-0.39, 0.29) is 18.4 Å². The number of nitrogens with zero attached hydrogens (tertiary/aromatic N) is 1. The van der Waals surface area contributed by atoms with Crippen molar-refractivity contribution in [2.45, 2.75) is 52.5 Å². The Hall–Kier alpha value is -2.36. The van der Waals surface area contributed by atoms with Crippen molar-refractivity contribution in [1.29, 1.82) is 0 Å². The molecular formula is C24H29NO3. The molecule has 0 unspecified atom stereocenters. The van der Waals surface area contributed by atoms with E-state index in [4.69, 9.17) is 4.74 Å². The second-order valence-corrected chi connectivity index (χ2v) is 8.58. The largest absolute Gasteiger partial charge is 0.457 e. The molecule has 1 aromatic heterocycles. The summed E-state index contributed by atoms with van der Waals surface area (Å²) in [5, 5.41) is 0. The lowest BCUT2D eigenvalue weighted by Crippen LogP contribution is -2.20. The van der Waals surface area contributed by atoms with Crippen molar-refractivity contribution in [2.75, 3.05) is 6.61 Å². The first-order valence-corrected chi connectivity index (χ1v) is 10.4. The molecule has 2 aliphatic rings. The highest BCUT2D eigenvalue weighted by Gasteiger charge is 2.40. The van der Waals surface area contributed by atoms with Gasteiger partial charge in [0.25, 0.3) is 0 Å². The summed E-state index contributed by atoms with van der Waals surface area (Å²) < 4.78 is 7.49. The van der Waals surface area contributed by atoms with Crippen LogP contribution in [0.4, 0.5) is 0 Å². The highest BCUT2D eigenvalue weighted by atomic mass is 16.5. The highest BCUT2D eigenvalue weighted by Crippen LogP contribution is 2.49. The Morgan fingerprint density at radius 1 is 1.11 bits per heavy atom. The fraction of sp³-hybridized carbons (Fsp3) is 0.500. The first-order valence-electron chi connectivity index (χ1n) is 10.4. The molecule has 0 amide bonds. The smallest absolute Gasteiger partial charge is 0.306 e. The molecule has 28 heavy (non-hydrogen) atoms. The van der Waals surface area contributed by atoms with E-state index in [0.29, 0.717) is 23.8 Å². The molecule has 1 heterocycles. The standard InChI is InChI=1S/C24H29NO3/c1-16-10-22(17(2)25(16)14-18-6-4-3-5-7-18)23(26)15-28-24(27)13-21-12-19-8-9-20(21)11-19/h3-7,10,19-21H,8-9,11-15H2,1-2H3/t19-,20+,21-/m0/s1. The minimum atomic E-state index is -0.219. The zero-order valence-corrected chi connectivity index (χ0v) is 16.8. The van der Waals surface area contributed by atoms with Crippen LogP contribution in [-0.4, -0.2) is 22.9 Å². The fourth-order valence-electron chi connectivity index (χ4n) is 5.22. The Labute approximate surface area is 166 Å². The number of rotatable bonds is 7. The summed E-state index contributed by atoms with van der Waals surface area (Å²) in [5.74, 6) is 1.65. The molecule has 4 rings (SSSR count). The van der Waals surface area contributed by atoms with Crippen LogP contribution < -0.4 is 0 Å². The van der Waals surface area contributed by atoms with Crippen molar-refractivity contribution in [1.82, 2.24) is 4.57 Å². The van der Waals surface area contributed by atoms with Gasteiger partial charge in [-0.3, -0.25) is 9.59 Å². The first kappa shape index (κ1) is 19.0. The maximum absolute atomic E-state index is 12.7. The van der Waals surface area contributed by atoms with Gasteiger partial charge in [-0.25, -0.2) is 0 Å². The molecule has 2 aliphatic carbocycles. The number of carbonyl (C=O) groups is 2. The summed E-state index contributed by atoms with van der Waals surface area (Å²) in [6.45, 7) is 4.54. The summed E-state index contributed by atoms with van der Waals surface area (Å²) >= 11 is 0. The van der Waals surface area contributed by atoms with E-state index in [9.17, 15) is 9.59 Å². The minimum Gasteiger partial charge on any atom is -0.457 e. The van der Waals surface area contributed by atoms with E-state index in [1.165, 1.54) is 24.8 Å². The average molecular weight is 380 g/mol. The Morgan fingerprint density at radius 3 is 2.57 bits per heavy atom. The molecule has 3 atom stereocenters. The SMILES string of the molecule is Cc1cc(C(=O)COC(=O)C[C@@H]2C[C@H]3CC[C@@H]2C3)c(C)n1Cc1ccccc1. The van der Waals surface area contributed by atoms with Gasteiger partial charge in [0, 0.05) is 29.9 Å². The molecule has 0 radical (unpaired) electrons. The van der Waals surface area contributed by atoms with Gasteiger partial charge in [0.05, 0.1) is 0 Å². The number of aromatic nitrogens is 1. The van der Waals surface area contributed by atoms with Crippen LogP contribution in [0.2, 0.25) is 0 Å². The van der Waals surface area contributed by atoms with Crippen molar-refractivity contribution in [2.24, 2.45) is 17.8 Å². The molecule has 0 aliphatic heterocycles. The van der Waals surface area contributed by atoms with Crippen LogP contribution in [0.1, 0.15) is 59.4 Å². The van der Waals surface area contributed by atoms with E-state index in [1.807, 2.05) is 38.1 Å². The number of ether oxygens (including phenoxy) is 1. The highest BCUT2D eigenvalue weighted by molar-refractivity contribution is 5.99. The zero-order valence-electron chi connectivity index (χ0n) is 16.8. The van der Waals surface area contributed by atoms with Crippen molar-refractivity contribution >= 4 is 11.8 Å². The average Bonchev–Trinajstić information content (AvgIpc) is 3.38. The monoisotopic (exact) mass is 379 g/mol. The number of fused-ring (bicyclic) bond motifs is 2. The Morgan fingerprint density at radius 2 is 1.89 bits per heavy atom. The van der Waals surface area contributed by atoms with E-state index in [0.717, 1.165) is 30.3 Å². The summed E-state index contributed by atoms with van der Waals surface area (Å²) in [4.78, 5) is 24.9. The number of Topliss-reactive ketones (excluding diaryl/α,β-unsaturated/α-hetero) is 1. The maximum atomic E-state index is 12.7. The van der Waals surface area contributed by atoms with Gasteiger partial charge in [-0.1, -0.05) is 36.8 Å². The van der Waals surface area contributed by atoms with Crippen LogP contribution in [0.15, 0.2) is 36.4 Å². The van der Waals surface area contributed by atoms with Crippen LogP contribution in [0.5, 0.6) is 0 Å². The molecule has 0 N–H and O–H groups in total. The molecule has 4 heteroatoms. The Balaban J connectivity index is 1.34. The van der Waals surface area contributed by atoms with Crippen LogP contribution >= 0.6 is 0 Å². The van der Waals surface area contributed by atoms with Crippen molar-refractivity contribution < 1.29 is 14.3 Å². The molecule has 4 nitrogen and oxygen atoms in total. The quantitative estimate of drug-likeness (QED) is 0.517. The third-order valence-electron chi connectivity index (χ3n) is 6.74. The topological polar surface area (TPSA) is 48.3 Å². The van der Waals surface area contributed by atoms with Gasteiger partial charge in [-0.2, -0.15) is 0 Å². The normalized spacial score (nSPS) is 23.1. The van der Waals surface area contributed by atoms with Gasteiger partial charge in [-0.05, 0) is 62.5 Å². The molecule has 2 bridgehead atoms. The number of hydrogen-bond acceptors (Lipinski definition) is 3. The van der Waals surface area contributed by atoms with Crippen molar-refractivity contribution in [3.63, 3.8) is 0 Å². The predicted octanol–water partition coefficient (Wildman–Crippen LogP) is 4.71. The summed E-state index contributed by atoms with van der Waals surface area (Å²) in [6, 6.07) is 12.1. The summed E-state index contributed by atoms with van der Waals surface area (Å²) in [7, 11) is 0. The van der Waals surface area contributed by atoms with Crippen molar-refractivity contribution in [3.8, 4) is 0 Å². The summed E-state index contributed by atoms with van der Waals surface area (Å²) in [6.07, 6.45) is 5.50. The lowest BCUT2D eigenvalue weighted by Gasteiger charge is -2.20. The molecule has 0 spiro atoms. The van der Waals surface area contributed by atoms with Crippen LogP contribution in [0, 0.1) is 31.6 Å². The van der Waals surface area contributed by atoms with E-state index in [1.54, 1.807) is 0 Å². The van der Waals surface area contributed by atoms with Gasteiger partial charge in [0.1, 0.15) is 0 Å². The number of esters is 1. The third kappa shape index (κ3) is 3.91. The number of hydrogen-bond donors (Lipinski definition) is 0. The van der Waals surface area contributed by atoms with Crippen LogP contribution in [0.3, 0.4) is 0 Å². The van der Waals surface area contributed by atoms with E-state index >= 15 is 0 Å². The number of benzene rings is 1. The molecule has 2 aromatic rings. The number of aryl methyl sites for hydroxylation is 1.